The Morgan fingerprint density at radius 2 is 1.79 bits per heavy atom. The van der Waals surface area contributed by atoms with Gasteiger partial charge in [0.05, 0.1) is 21.6 Å². The van der Waals surface area contributed by atoms with E-state index in [9.17, 15) is 9.90 Å². The second-order valence-electron chi connectivity index (χ2n) is 6.70. The van der Waals surface area contributed by atoms with E-state index in [4.69, 9.17) is 4.98 Å². The van der Waals surface area contributed by atoms with Gasteiger partial charge in [-0.2, -0.15) is 0 Å². The predicted octanol–water partition coefficient (Wildman–Crippen LogP) is 5.33. The van der Waals surface area contributed by atoms with Crippen LogP contribution in [0.5, 0.6) is 0 Å². The van der Waals surface area contributed by atoms with Crippen LogP contribution in [0.25, 0.3) is 22.2 Å². The first-order chi connectivity index (χ1) is 11.4. The van der Waals surface area contributed by atoms with Crippen molar-refractivity contribution in [2.45, 2.75) is 24.1 Å². The molecule has 0 unspecified atom stereocenters. The lowest BCUT2D eigenvalue weighted by atomic mass is 9.70. The van der Waals surface area contributed by atoms with Crippen molar-refractivity contribution in [3.63, 3.8) is 0 Å². The first kappa shape index (κ1) is 15.3. The van der Waals surface area contributed by atoms with Crippen LogP contribution in [0.15, 0.2) is 48.5 Å². The molecular formula is C20H16BrNO2. The van der Waals surface area contributed by atoms with Crippen LogP contribution < -0.4 is 0 Å². The third-order valence-electron chi connectivity index (χ3n) is 4.91. The molecule has 0 aliphatic heterocycles. The molecule has 1 aliphatic rings. The van der Waals surface area contributed by atoms with E-state index < -0.39 is 5.97 Å². The predicted molar refractivity (Wildman–Crippen MR) is 98.8 cm³/mol. The van der Waals surface area contributed by atoms with Crippen molar-refractivity contribution in [3.05, 3.63) is 65.2 Å². The number of nitrogens with zero attached hydrogens (tertiary/aromatic N) is 1. The molecule has 4 heteroatoms. The van der Waals surface area contributed by atoms with Gasteiger partial charge in [-0.25, -0.2) is 9.78 Å². The largest absolute Gasteiger partial charge is 0.478 e. The van der Waals surface area contributed by atoms with Crippen molar-refractivity contribution in [2.75, 3.05) is 0 Å². The maximum atomic E-state index is 12.1. The zero-order valence-electron chi connectivity index (χ0n) is 13.4. The summed E-state index contributed by atoms with van der Waals surface area (Å²) in [5.74, 6) is -0.913. The summed E-state index contributed by atoms with van der Waals surface area (Å²) in [4.78, 5) is 16.8. The fraction of sp³-hybridized carbons (Fsp3) is 0.200. The molecule has 1 atom stereocenters. The van der Waals surface area contributed by atoms with Crippen molar-refractivity contribution in [2.24, 2.45) is 0 Å². The van der Waals surface area contributed by atoms with Gasteiger partial charge in [0.25, 0.3) is 0 Å². The Morgan fingerprint density at radius 1 is 1.12 bits per heavy atom. The van der Waals surface area contributed by atoms with E-state index in [2.05, 4.69) is 35.8 Å². The molecule has 3 nitrogen and oxygen atoms in total. The highest BCUT2D eigenvalue weighted by Crippen LogP contribution is 2.54. The summed E-state index contributed by atoms with van der Waals surface area (Å²) in [5, 5.41) is 10.6. The molecule has 0 bridgehead atoms. The molecule has 0 spiro atoms. The third-order valence-corrected chi connectivity index (χ3v) is 6.51. The van der Waals surface area contributed by atoms with E-state index in [0.717, 1.165) is 16.8 Å². The number of carboxylic acids is 1. The van der Waals surface area contributed by atoms with Crippen LogP contribution in [-0.4, -0.2) is 16.1 Å². The average Bonchev–Trinajstić information content (AvgIpc) is 2.58. The Balaban J connectivity index is 2.22. The van der Waals surface area contributed by atoms with Crippen molar-refractivity contribution in [1.29, 1.82) is 0 Å². The molecule has 0 saturated carbocycles. The zero-order chi connectivity index (χ0) is 17.1. The number of hydrogen-bond acceptors (Lipinski definition) is 2. The molecule has 3 aromatic rings. The van der Waals surface area contributed by atoms with Gasteiger partial charge in [-0.15, -0.1) is 0 Å². The number of halogens is 1. The lowest BCUT2D eigenvalue weighted by Crippen LogP contribution is -2.30. The number of hydrogen-bond donors (Lipinski definition) is 1. The monoisotopic (exact) mass is 381 g/mol. The first-order valence-electron chi connectivity index (χ1n) is 7.83. The molecule has 0 fully saturated rings. The number of aromatic carboxylic acids is 1. The van der Waals surface area contributed by atoms with Crippen LogP contribution in [0, 0.1) is 0 Å². The minimum absolute atomic E-state index is 0.127. The van der Waals surface area contributed by atoms with Gasteiger partial charge in [0, 0.05) is 21.9 Å². The fourth-order valence-electron chi connectivity index (χ4n) is 3.66. The molecule has 1 aromatic heterocycles. The van der Waals surface area contributed by atoms with Crippen LogP contribution in [0.1, 0.15) is 40.2 Å². The standard InChI is InChI=1S/C20H16BrNO2/c1-20(2)13-9-5-3-7-11(13)17-16(18(20)21)15(19(23)24)12-8-4-6-10-14(12)22-17/h3-10,18H,1-2H3,(H,23,24)/t18-/m1/s1. The van der Waals surface area contributed by atoms with E-state index in [0.29, 0.717) is 16.5 Å². The summed E-state index contributed by atoms with van der Waals surface area (Å²) in [6, 6.07) is 15.6. The molecule has 24 heavy (non-hydrogen) atoms. The Hall–Kier alpha value is -2.20. The van der Waals surface area contributed by atoms with Gasteiger partial charge in [0.15, 0.2) is 0 Å². The molecule has 1 aliphatic carbocycles. The highest BCUT2D eigenvalue weighted by Gasteiger charge is 2.42. The Bertz CT molecular complexity index is 994. The number of carboxylic acid groups (broad SMARTS) is 1. The average molecular weight is 382 g/mol. The topological polar surface area (TPSA) is 50.2 Å². The second kappa shape index (κ2) is 5.15. The fourth-order valence-corrected chi connectivity index (χ4v) is 4.35. The summed E-state index contributed by atoms with van der Waals surface area (Å²) in [7, 11) is 0. The van der Waals surface area contributed by atoms with Gasteiger partial charge < -0.3 is 5.11 Å². The summed E-state index contributed by atoms with van der Waals surface area (Å²) in [6.45, 7) is 4.27. The van der Waals surface area contributed by atoms with Gasteiger partial charge in [-0.3, -0.25) is 0 Å². The van der Waals surface area contributed by atoms with E-state index in [1.54, 1.807) is 0 Å². The molecular weight excluding hydrogens is 366 g/mol. The van der Waals surface area contributed by atoms with Gasteiger partial charge >= 0.3 is 5.97 Å². The van der Waals surface area contributed by atoms with Gasteiger partial charge in [0.2, 0.25) is 0 Å². The summed E-state index contributed by atoms with van der Waals surface area (Å²) in [5.41, 5.74) is 4.55. The van der Waals surface area contributed by atoms with E-state index >= 15 is 0 Å². The first-order valence-corrected chi connectivity index (χ1v) is 8.74. The third kappa shape index (κ3) is 1.96. The molecule has 4 rings (SSSR count). The maximum Gasteiger partial charge on any atom is 0.336 e. The summed E-state index contributed by atoms with van der Waals surface area (Å²) >= 11 is 3.78. The quantitative estimate of drug-likeness (QED) is 0.579. The van der Waals surface area contributed by atoms with Crippen LogP contribution in [0.4, 0.5) is 0 Å². The van der Waals surface area contributed by atoms with Gasteiger partial charge in [-0.1, -0.05) is 72.2 Å². The molecule has 0 amide bonds. The van der Waals surface area contributed by atoms with Crippen molar-refractivity contribution >= 4 is 32.8 Å². The van der Waals surface area contributed by atoms with Gasteiger partial charge in [-0.05, 0) is 11.6 Å². The lowest BCUT2D eigenvalue weighted by molar-refractivity contribution is 0.0697. The van der Waals surface area contributed by atoms with Crippen LogP contribution in [0.3, 0.4) is 0 Å². The minimum Gasteiger partial charge on any atom is -0.478 e. The number of benzene rings is 2. The summed E-state index contributed by atoms with van der Waals surface area (Å²) < 4.78 is 0. The highest BCUT2D eigenvalue weighted by molar-refractivity contribution is 9.09. The Morgan fingerprint density at radius 3 is 2.54 bits per heavy atom. The van der Waals surface area contributed by atoms with Crippen LogP contribution in [0.2, 0.25) is 0 Å². The Labute approximate surface area is 148 Å². The van der Waals surface area contributed by atoms with Crippen molar-refractivity contribution in [3.8, 4) is 11.3 Å². The molecule has 2 aromatic carbocycles. The molecule has 0 radical (unpaired) electrons. The molecule has 1 heterocycles. The second-order valence-corrected chi connectivity index (χ2v) is 7.62. The van der Waals surface area contributed by atoms with Crippen LogP contribution >= 0.6 is 15.9 Å². The number of para-hydroxylation sites is 1. The lowest BCUT2D eigenvalue weighted by Gasteiger charge is -2.39. The number of fused-ring (bicyclic) bond motifs is 4. The Kier molecular flexibility index (Phi) is 3.29. The minimum atomic E-state index is -0.913. The molecule has 1 N–H and O–H groups in total. The number of aromatic nitrogens is 1. The SMILES string of the molecule is CC1(C)c2ccccc2-c2nc3ccccc3c(C(=O)O)c2[C@H]1Br. The summed E-state index contributed by atoms with van der Waals surface area (Å²) in [6.07, 6.45) is 0. The molecule has 120 valence electrons. The smallest absolute Gasteiger partial charge is 0.336 e. The number of carbonyl (C=O) groups is 1. The van der Waals surface area contributed by atoms with Gasteiger partial charge in [0.1, 0.15) is 0 Å². The van der Waals surface area contributed by atoms with E-state index in [1.165, 1.54) is 5.56 Å². The number of pyridine rings is 1. The normalized spacial score (nSPS) is 18.0. The maximum absolute atomic E-state index is 12.1. The van der Waals surface area contributed by atoms with Crippen LogP contribution in [-0.2, 0) is 5.41 Å². The van der Waals surface area contributed by atoms with Crippen molar-refractivity contribution in [1.82, 2.24) is 4.98 Å². The van der Waals surface area contributed by atoms with E-state index in [1.807, 2.05) is 42.5 Å². The molecule has 0 saturated heterocycles. The number of alkyl halides is 1. The highest BCUT2D eigenvalue weighted by atomic mass is 79.9. The zero-order valence-corrected chi connectivity index (χ0v) is 15.0. The van der Waals surface area contributed by atoms with Crippen molar-refractivity contribution < 1.29 is 9.90 Å². The van der Waals surface area contributed by atoms with E-state index in [-0.39, 0.29) is 10.2 Å². The number of rotatable bonds is 1.